The van der Waals surface area contributed by atoms with Crippen molar-refractivity contribution in [2.24, 2.45) is 0 Å². The van der Waals surface area contributed by atoms with E-state index in [1.54, 1.807) is 0 Å². The molecule has 0 radical (unpaired) electrons. The molecule has 184 valence electrons. The maximum atomic E-state index is 2.49. The fourth-order valence-electron chi connectivity index (χ4n) is 6.28. The Bertz CT molecular complexity index is 1490. The molecule has 0 bridgehead atoms. The second kappa shape index (κ2) is 9.26. The maximum absolute atomic E-state index is 2.49. The quantitative estimate of drug-likeness (QED) is 0.283. The first-order valence-corrected chi connectivity index (χ1v) is 13.3. The van der Waals surface area contributed by atoms with E-state index in [1.807, 2.05) is 0 Å². The van der Waals surface area contributed by atoms with Crippen molar-refractivity contribution >= 4 is 32.9 Å². The highest BCUT2D eigenvalue weighted by atomic mass is 15.2. The lowest BCUT2D eigenvalue weighted by atomic mass is 9.78. The van der Waals surface area contributed by atoms with Gasteiger partial charge >= 0.3 is 0 Å². The normalized spacial score (nSPS) is 16.5. The van der Waals surface area contributed by atoms with Crippen LogP contribution in [-0.4, -0.2) is 13.6 Å². The second-order valence-corrected chi connectivity index (χ2v) is 11.2. The summed E-state index contributed by atoms with van der Waals surface area (Å²) in [4.78, 5) is 2.49. The van der Waals surface area contributed by atoms with E-state index in [1.165, 1.54) is 49.7 Å². The van der Waals surface area contributed by atoms with Crippen molar-refractivity contribution in [3.05, 3.63) is 108 Å². The minimum atomic E-state index is -0.0496. The smallest absolute Gasteiger partial charge is 0.133 e. The van der Waals surface area contributed by atoms with Gasteiger partial charge in [0.2, 0.25) is 0 Å². The first kappa shape index (κ1) is 24.3. The Balaban J connectivity index is 1.48. The lowest BCUT2D eigenvalue weighted by molar-refractivity contribution is -0.540. The molecule has 0 amide bonds. The Hall–Kier alpha value is -3.36. The van der Waals surface area contributed by atoms with Gasteiger partial charge in [0.1, 0.15) is 5.69 Å². The molecule has 4 aromatic carbocycles. The van der Waals surface area contributed by atoms with Gasteiger partial charge < -0.3 is 10.2 Å². The van der Waals surface area contributed by atoms with Gasteiger partial charge in [-0.25, -0.2) is 0 Å². The third kappa shape index (κ3) is 3.94. The van der Waals surface area contributed by atoms with Crippen LogP contribution in [0.15, 0.2) is 96.7 Å². The third-order valence-electron chi connectivity index (χ3n) is 8.04. The molecule has 1 aliphatic rings. The molecule has 0 atom stereocenters. The average Bonchev–Trinajstić information content (AvgIpc) is 3.11. The summed E-state index contributed by atoms with van der Waals surface area (Å²) in [6, 6.07) is 26.7. The van der Waals surface area contributed by atoms with Gasteiger partial charge in [0.05, 0.1) is 7.05 Å². The molecule has 1 heterocycles. The topological polar surface area (TPSA) is 19.9 Å². The number of fused-ring (bicyclic) bond motifs is 4. The number of nitrogens with two attached hydrogens (primary N) is 1. The molecule has 0 aromatic heterocycles. The fraction of sp³-hybridized carbons (Fsp3) is 0.294. The molecule has 0 fully saturated rings. The van der Waals surface area contributed by atoms with E-state index in [0.717, 1.165) is 13.0 Å². The number of nitrogens with zero attached hydrogens (tertiary/aromatic N) is 1. The number of likely N-dealkylation sites (N-methyl/N-ethyl adjacent to an activating group) is 1. The Morgan fingerprint density at radius 1 is 0.861 bits per heavy atom. The molecule has 36 heavy (non-hydrogen) atoms. The molecule has 0 aliphatic carbocycles. The molecule has 1 aliphatic heterocycles. The maximum Gasteiger partial charge on any atom is 0.133 e. The van der Waals surface area contributed by atoms with E-state index < -0.39 is 0 Å². The zero-order valence-corrected chi connectivity index (χ0v) is 22.6. The van der Waals surface area contributed by atoms with Crippen LogP contribution in [0.3, 0.4) is 0 Å². The minimum absolute atomic E-state index is 0.0204. The van der Waals surface area contributed by atoms with Crippen LogP contribution in [0.1, 0.15) is 52.2 Å². The first-order valence-electron chi connectivity index (χ1n) is 13.3. The van der Waals surface area contributed by atoms with Crippen molar-refractivity contribution < 1.29 is 5.32 Å². The monoisotopic (exact) mass is 475 g/mol. The van der Waals surface area contributed by atoms with Crippen LogP contribution in [0.4, 0.5) is 11.4 Å². The van der Waals surface area contributed by atoms with Crippen molar-refractivity contribution in [1.29, 1.82) is 0 Å². The molecule has 0 spiro atoms. The summed E-state index contributed by atoms with van der Waals surface area (Å²) < 4.78 is 0. The summed E-state index contributed by atoms with van der Waals surface area (Å²) in [5.74, 6) is 0. The predicted octanol–water partition coefficient (Wildman–Crippen LogP) is 7.74. The first-order chi connectivity index (χ1) is 17.3. The summed E-state index contributed by atoms with van der Waals surface area (Å²) in [5, 5.41) is 7.61. The molecular weight excluding hydrogens is 436 g/mol. The highest BCUT2D eigenvalue weighted by Gasteiger charge is 2.40. The highest BCUT2D eigenvalue weighted by molar-refractivity contribution is 5.95. The summed E-state index contributed by atoms with van der Waals surface area (Å²) in [7, 11) is 2.15. The highest BCUT2D eigenvalue weighted by Crippen LogP contribution is 2.50. The van der Waals surface area contributed by atoms with Gasteiger partial charge in [-0.1, -0.05) is 94.4 Å². The van der Waals surface area contributed by atoms with E-state index in [9.17, 15) is 0 Å². The van der Waals surface area contributed by atoms with Gasteiger partial charge in [0.15, 0.2) is 0 Å². The average molecular weight is 476 g/mol. The van der Waals surface area contributed by atoms with Crippen LogP contribution in [-0.2, 0) is 10.8 Å². The predicted molar refractivity (Wildman–Crippen MR) is 156 cm³/mol. The zero-order valence-electron chi connectivity index (χ0n) is 22.6. The van der Waals surface area contributed by atoms with Crippen LogP contribution in [0.5, 0.6) is 0 Å². The number of hydrogen-bond donors (Lipinski definition) is 1. The van der Waals surface area contributed by atoms with E-state index in [-0.39, 0.29) is 10.8 Å². The van der Waals surface area contributed by atoms with Gasteiger partial charge in [-0.3, -0.25) is 0 Å². The number of rotatable bonds is 6. The summed E-state index contributed by atoms with van der Waals surface area (Å²) in [6.45, 7) is 12.7. The van der Waals surface area contributed by atoms with Gasteiger partial charge in [-0.05, 0) is 70.1 Å². The van der Waals surface area contributed by atoms with E-state index in [4.69, 9.17) is 0 Å². The molecule has 0 unspecified atom stereocenters. The largest absolute Gasteiger partial charge is 0.344 e. The van der Waals surface area contributed by atoms with Crippen LogP contribution < -0.4 is 10.2 Å². The number of anilines is 1. The minimum Gasteiger partial charge on any atom is -0.344 e. The van der Waals surface area contributed by atoms with Gasteiger partial charge in [-0.2, -0.15) is 0 Å². The van der Waals surface area contributed by atoms with Crippen molar-refractivity contribution in [3.63, 3.8) is 0 Å². The molecule has 2 nitrogen and oxygen atoms in total. The fourth-order valence-corrected chi connectivity index (χ4v) is 6.28. The summed E-state index contributed by atoms with van der Waals surface area (Å²) >= 11 is 0. The van der Waals surface area contributed by atoms with Crippen LogP contribution in [0.2, 0.25) is 0 Å². The number of hydrogen-bond acceptors (Lipinski definition) is 1. The third-order valence-corrected chi connectivity index (χ3v) is 8.04. The van der Waals surface area contributed by atoms with Crippen molar-refractivity contribution in [2.45, 2.75) is 51.9 Å². The second-order valence-electron chi connectivity index (χ2n) is 11.2. The zero-order chi connectivity index (χ0) is 25.5. The number of allylic oxidation sites excluding steroid dienone is 4. The lowest BCUT2D eigenvalue weighted by Crippen LogP contribution is -2.73. The molecule has 0 saturated heterocycles. The van der Waals surface area contributed by atoms with Gasteiger partial charge in [0, 0.05) is 28.9 Å². The Labute approximate surface area is 216 Å². The summed E-state index contributed by atoms with van der Waals surface area (Å²) in [6.07, 6.45) is 7.98. The molecule has 2 N–H and O–H groups in total. The summed E-state index contributed by atoms with van der Waals surface area (Å²) in [5.41, 5.74) is 6.91. The van der Waals surface area contributed by atoms with E-state index in [0.29, 0.717) is 0 Å². The van der Waals surface area contributed by atoms with Crippen LogP contribution in [0.25, 0.3) is 21.5 Å². The molecule has 0 saturated carbocycles. The van der Waals surface area contributed by atoms with Gasteiger partial charge in [0.25, 0.3) is 0 Å². The Morgan fingerprint density at radius 2 is 1.50 bits per heavy atom. The number of benzene rings is 4. The Morgan fingerprint density at radius 3 is 2.19 bits per heavy atom. The van der Waals surface area contributed by atoms with Crippen molar-refractivity contribution in [2.75, 3.05) is 18.5 Å². The van der Waals surface area contributed by atoms with E-state index in [2.05, 4.69) is 143 Å². The SMILES string of the molecule is CCN1/C(=C/C=C/CC(C)(C)c2c([NH2+]C)ccc3ccccc23)C(C)(C)c2c1ccc1ccccc21. The molecule has 4 aromatic rings. The standard InChI is InChI=1S/C34H38N2/c1-7-36-29-22-20-25-15-9-11-17-27(25)32(29)34(4,5)30(36)18-12-13-23-33(2,3)31-26-16-10-8-14-24(26)19-21-28(31)35-6/h8-22,35H,7,23H2,1-6H3/p+1/b13-12+,30-18+. The van der Waals surface area contributed by atoms with Crippen LogP contribution >= 0.6 is 0 Å². The van der Waals surface area contributed by atoms with Crippen LogP contribution in [0, 0.1) is 0 Å². The van der Waals surface area contributed by atoms with Crippen molar-refractivity contribution in [3.8, 4) is 0 Å². The Kier molecular flexibility index (Phi) is 6.26. The van der Waals surface area contributed by atoms with Crippen molar-refractivity contribution in [1.82, 2.24) is 0 Å². The van der Waals surface area contributed by atoms with Gasteiger partial charge in [-0.15, -0.1) is 0 Å². The molecule has 5 rings (SSSR count). The lowest BCUT2D eigenvalue weighted by Gasteiger charge is -2.27. The van der Waals surface area contributed by atoms with E-state index >= 15 is 0 Å². The molecular formula is C34H39N2+. The number of quaternary nitrogens is 1. The molecule has 2 heteroatoms.